The molecule has 15 heavy (non-hydrogen) atoms. The summed E-state index contributed by atoms with van der Waals surface area (Å²) in [5.74, 6) is 0. The van der Waals surface area contributed by atoms with E-state index in [2.05, 4.69) is 0 Å². The van der Waals surface area contributed by atoms with Gasteiger partial charge in [-0.15, -0.1) is 0 Å². The summed E-state index contributed by atoms with van der Waals surface area (Å²) in [6, 6.07) is 3.19. The first-order chi connectivity index (χ1) is 6.34. The number of hydrogen-bond donors (Lipinski definition) is 0. The van der Waals surface area contributed by atoms with Crippen LogP contribution in [0.2, 0.25) is 5.02 Å². The number of nitro groups is 1. The Hall–Kier alpha value is -0.180. The predicted octanol–water partition coefficient (Wildman–Crippen LogP) is -1.84. The average molecular weight is 260 g/mol. The zero-order valence-corrected chi connectivity index (χ0v) is 11.1. The average Bonchev–Trinajstić information content (AvgIpc) is 2.01. The van der Waals surface area contributed by atoms with Gasteiger partial charge in [-0.1, -0.05) is 17.7 Å². The van der Waals surface area contributed by atoms with Crippen molar-refractivity contribution in [1.82, 2.24) is 0 Å². The third-order valence-electron chi connectivity index (χ3n) is 1.39. The fourth-order valence-corrected chi connectivity index (χ4v) is 2.05. The molecule has 1 aromatic carbocycles. The van der Waals surface area contributed by atoms with E-state index in [1.54, 1.807) is 0 Å². The zero-order chi connectivity index (χ0) is 10.9. The van der Waals surface area contributed by atoms with Gasteiger partial charge in [0.1, 0.15) is 10.1 Å². The van der Waals surface area contributed by atoms with Crippen LogP contribution >= 0.6 is 11.6 Å². The van der Waals surface area contributed by atoms with E-state index in [1.807, 2.05) is 0 Å². The van der Waals surface area contributed by atoms with Crippen molar-refractivity contribution in [2.75, 3.05) is 0 Å². The summed E-state index contributed by atoms with van der Waals surface area (Å²) in [5, 5.41) is 9.91. The zero-order valence-electron chi connectivity index (χ0n) is 7.51. The molecule has 76 valence electrons. The molecule has 0 aliphatic heterocycles. The summed E-state index contributed by atoms with van der Waals surface area (Å²) in [6.45, 7) is 0. The molecular weight excluding hydrogens is 257 g/mol. The number of halogens is 1. The van der Waals surface area contributed by atoms with E-state index in [-0.39, 0.29) is 29.6 Å². The van der Waals surface area contributed by atoms with Gasteiger partial charge in [0.25, 0.3) is 5.69 Å². The molecule has 0 aromatic heterocycles. The van der Waals surface area contributed by atoms with Crippen molar-refractivity contribution in [3.05, 3.63) is 33.3 Å². The van der Waals surface area contributed by atoms with Gasteiger partial charge in [0.15, 0.2) is 4.90 Å². The van der Waals surface area contributed by atoms with E-state index in [0.717, 1.165) is 12.1 Å². The molecule has 0 heterocycles. The van der Waals surface area contributed by atoms with Crippen LogP contribution in [-0.4, -0.2) is 17.9 Å². The number of rotatable bonds is 2. The first-order valence-corrected chi connectivity index (χ1v) is 5.01. The smallest absolute Gasteiger partial charge is 0.744 e. The van der Waals surface area contributed by atoms with Crippen LogP contribution in [0.25, 0.3) is 0 Å². The topological polar surface area (TPSA) is 100 Å². The summed E-state index contributed by atoms with van der Waals surface area (Å²) in [5.41, 5.74) is -0.812. The van der Waals surface area contributed by atoms with E-state index in [1.165, 1.54) is 6.07 Å². The van der Waals surface area contributed by atoms with E-state index in [9.17, 15) is 23.1 Å². The maximum atomic E-state index is 10.6. The largest absolute Gasteiger partial charge is 1.00 e. The molecule has 0 amide bonds. The predicted molar refractivity (Wildman–Crippen MR) is 46.1 cm³/mol. The molecule has 1 aromatic rings. The van der Waals surface area contributed by atoms with Crippen LogP contribution < -0.4 is 29.6 Å². The van der Waals surface area contributed by atoms with E-state index in [0.29, 0.717) is 0 Å². The molecule has 0 spiro atoms. The second-order valence-corrected chi connectivity index (χ2v) is 4.02. The van der Waals surface area contributed by atoms with Crippen LogP contribution in [0, 0.1) is 10.1 Å². The van der Waals surface area contributed by atoms with Crippen molar-refractivity contribution in [3.8, 4) is 0 Å². The van der Waals surface area contributed by atoms with Gasteiger partial charge in [-0.2, -0.15) is 0 Å². The maximum absolute atomic E-state index is 10.6. The first kappa shape index (κ1) is 14.8. The van der Waals surface area contributed by atoms with E-state index < -0.39 is 30.6 Å². The summed E-state index contributed by atoms with van der Waals surface area (Å²) in [7, 11) is -4.93. The van der Waals surface area contributed by atoms with Crippen LogP contribution in [-0.2, 0) is 10.1 Å². The molecule has 0 N–H and O–H groups in total. The Morgan fingerprint density at radius 1 is 1.33 bits per heavy atom. The minimum absolute atomic E-state index is 0. The standard InChI is InChI=1S/C6H4ClNO5S.Na/c7-4-2-1-3-5(8(9)10)6(4)14(11,12)13;/h1-3H,(H,11,12,13);/q;+1/p-1. The van der Waals surface area contributed by atoms with Crippen LogP contribution in [0.1, 0.15) is 0 Å². The third kappa shape index (κ3) is 3.40. The summed E-state index contributed by atoms with van der Waals surface area (Å²) < 4.78 is 31.9. The third-order valence-corrected chi connectivity index (χ3v) is 2.75. The molecule has 0 fully saturated rings. The van der Waals surface area contributed by atoms with Crippen molar-refractivity contribution in [2.45, 2.75) is 4.90 Å². The Kier molecular flexibility index (Phi) is 5.18. The van der Waals surface area contributed by atoms with Gasteiger partial charge >= 0.3 is 29.6 Å². The summed E-state index contributed by atoms with van der Waals surface area (Å²) in [4.78, 5) is 8.39. The number of nitrogens with zero attached hydrogens (tertiary/aromatic N) is 1. The Morgan fingerprint density at radius 2 is 1.87 bits per heavy atom. The van der Waals surface area contributed by atoms with Crippen molar-refractivity contribution in [3.63, 3.8) is 0 Å². The fourth-order valence-electron chi connectivity index (χ4n) is 0.889. The number of benzene rings is 1. The maximum Gasteiger partial charge on any atom is 1.00 e. The quantitative estimate of drug-likeness (QED) is 0.269. The van der Waals surface area contributed by atoms with Crippen molar-refractivity contribution in [2.24, 2.45) is 0 Å². The van der Waals surface area contributed by atoms with Gasteiger partial charge in [0.2, 0.25) is 0 Å². The summed E-state index contributed by atoms with van der Waals surface area (Å²) in [6.07, 6.45) is 0. The van der Waals surface area contributed by atoms with Gasteiger partial charge in [0.05, 0.1) is 9.95 Å². The molecular formula is C6H3ClNNaO5S. The Balaban J connectivity index is 0.00000196. The van der Waals surface area contributed by atoms with E-state index >= 15 is 0 Å². The summed E-state index contributed by atoms with van der Waals surface area (Å²) >= 11 is 5.37. The molecule has 0 aliphatic rings. The molecule has 0 atom stereocenters. The van der Waals surface area contributed by atoms with Crippen molar-refractivity contribution in [1.29, 1.82) is 0 Å². The molecule has 0 saturated carbocycles. The Labute approximate surface area is 112 Å². The van der Waals surface area contributed by atoms with E-state index in [4.69, 9.17) is 11.6 Å². The minimum atomic E-state index is -4.93. The van der Waals surface area contributed by atoms with Gasteiger partial charge in [-0.3, -0.25) is 10.1 Å². The number of hydrogen-bond acceptors (Lipinski definition) is 5. The van der Waals surface area contributed by atoms with Crippen molar-refractivity contribution < 1.29 is 47.5 Å². The first-order valence-electron chi connectivity index (χ1n) is 3.23. The molecule has 0 bridgehead atoms. The van der Waals surface area contributed by atoms with Gasteiger partial charge in [0, 0.05) is 6.07 Å². The van der Waals surface area contributed by atoms with Gasteiger partial charge < -0.3 is 4.55 Å². The van der Waals surface area contributed by atoms with Crippen molar-refractivity contribution >= 4 is 27.4 Å². The molecule has 6 nitrogen and oxygen atoms in total. The molecule has 1 rings (SSSR count). The normalized spacial score (nSPS) is 10.5. The van der Waals surface area contributed by atoms with Crippen LogP contribution in [0.4, 0.5) is 5.69 Å². The van der Waals surface area contributed by atoms with Gasteiger partial charge in [-0.25, -0.2) is 8.42 Å². The van der Waals surface area contributed by atoms with Crippen LogP contribution in [0.5, 0.6) is 0 Å². The second kappa shape index (κ2) is 5.24. The molecule has 0 radical (unpaired) electrons. The van der Waals surface area contributed by atoms with Crippen LogP contribution in [0.3, 0.4) is 0 Å². The Bertz CT molecular complexity index is 488. The molecule has 0 aliphatic carbocycles. The molecule has 0 saturated heterocycles. The molecule has 0 unspecified atom stereocenters. The molecule has 9 heteroatoms. The SMILES string of the molecule is O=[N+]([O-])c1cccc(Cl)c1S(=O)(=O)[O-].[Na+]. The monoisotopic (exact) mass is 259 g/mol. The fraction of sp³-hybridized carbons (Fsp3) is 0. The Morgan fingerprint density at radius 3 is 2.20 bits per heavy atom. The number of nitro benzene ring substituents is 1. The minimum Gasteiger partial charge on any atom is -0.744 e. The second-order valence-electron chi connectivity index (χ2n) is 2.30. The van der Waals surface area contributed by atoms with Gasteiger partial charge in [-0.05, 0) is 6.07 Å². The van der Waals surface area contributed by atoms with Crippen LogP contribution in [0.15, 0.2) is 23.1 Å².